The molecule has 1 aromatic rings. The van der Waals surface area contributed by atoms with Gasteiger partial charge in [0, 0.05) is 0 Å². The van der Waals surface area contributed by atoms with E-state index < -0.39 is 5.91 Å². The van der Waals surface area contributed by atoms with E-state index in [-0.39, 0.29) is 17.5 Å². The molecule has 1 aliphatic heterocycles. The number of amides is 2. The highest BCUT2D eigenvalue weighted by atomic mass is 79.9. The van der Waals surface area contributed by atoms with Crippen LogP contribution in [0.5, 0.6) is 5.75 Å². The van der Waals surface area contributed by atoms with Crippen LogP contribution in [0.2, 0.25) is 0 Å². The van der Waals surface area contributed by atoms with E-state index in [0.29, 0.717) is 14.9 Å². The third-order valence-corrected chi connectivity index (χ3v) is 3.94. The van der Waals surface area contributed by atoms with Gasteiger partial charge < -0.3 is 5.11 Å². The Bertz CT molecular complexity index is 633. The molecule has 6 heteroatoms. The van der Waals surface area contributed by atoms with Crippen molar-refractivity contribution in [3.63, 3.8) is 0 Å². The van der Waals surface area contributed by atoms with E-state index in [4.69, 9.17) is 6.42 Å². The fourth-order valence-corrected chi connectivity index (χ4v) is 2.73. The number of halogens is 1. The molecule has 0 bridgehead atoms. The fourth-order valence-electron chi connectivity index (χ4n) is 1.49. The highest BCUT2D eigenvalue weighted by Crippen LogP contribution is 2.33. The van der Waals surface area contributed by atoms with Crippen molar-refractivity contribution in [2.45, 2.75) is 0 Å². The van der Waals surface area contributed by atoms with Crippen LogP contribution in [0.3, 0.4) is 0 Å². The molecule has 1 fully saturated rings. The quantitative estimate of drug-likeness (QED) is 0.666. The lowest BCUT2D eigenvalue weighted by atomic mass is 10.2. The molecule has 0 spiro atoms. The van der Waals surface area contributed by atoms with Gasteiger partial charge in [0.05, 0.1) is 15.9 Å². The second-order valence-electron chi connectivity index (χ2n) is 3.68. The van der Waals surface area contributed by atoms with Gasteiger partial charge in [-0.1, -0.05) is 12.0 Å². The number of phenols is 1. The standard InChI is InChI=1S/C13H8BrNO3S/c1-2-5-15-12(17)11(19-13(15)18)7-8-3-4-10(16)9(14)6-8/h1,3-4,6-7,16H,5H2/b11-7-. The number of benzene rings is 1. The summed E-state index contributed by atoms with van der Waals surface area (Å²) in [5.74, 6) is 1.99. The predicted octanol–water partition coefficient (Wildman–Crippen LogP) is 2.82. The Balaban J connectivity index is 2.30. The van der Waals surface area contributed by atoms with E-state index in [1.807, 2.05) is 0 Å². The van der Waals surface area contributed by atoms with Gasteiger partial charge in [-0.15, -0.1) is 6.42 Å². The molecule has 0 aliphatic carbocycles. The molecular formula is C13H8BrNO3S. The van der Waals surface area contributed by atoms with Crippen LogP contribution in [-0.4, -0.2) is 27.7 Å². The van der Waals surface area contributed by atoms with Crippen LogP contribution in [0.15, 0.2) is 27.6 Å². The largest absolute Gasteiger partial charge is 0.507 e. The number of terminal acetylenes is 1. The summed E-state index contributed by atoms with van der Waals surface area (Å²) in [6.45, 7) is -0.0265. The predicted molar refractivity (Wildman–Crippen MR) is 77.3 cm³/mol. The van der Waals surface area contributed by atoms with Gasteiger partial charge in [-0.05, 0) is 51.5 Å². The number of carbonyl (C=O) groups is 2. The molecule has 1 heterocycles. The fraction of sp³-hybridized carbons (Fsp3) is 0.0769. The van der Waals surface area contributed by atoms with Gasteiger partial charge in [0.2, 0.25) is 0 Å². The Labute approximate surface area is 122 Å². The van der Waals surface area contributed by atoms with Crippen LogP contribution >= 0.6 is 27.7 Å². The number of nitrogens with zero attached hydrogens (tertiary/aromatic N) is 1. The van der Waals surface area contributed by atoms with E-state index in [1.165, 1.54) is 6.07 Å². The summed E-state index contributed by atoms with van der Waals surface area (Å²) in [6, 6.07) is 4.81. The zero-order chi connectivity index (χ0) is 14.0. The van der Waals surface area contributed by atoms with E-state index in [1.54, 1.807) is 18.2 Å². The molecule has 4 nitrogen and oxygen atoms in total. The maximum Gasteiger partial charge on any atom is 0.294 e. The van der Waals surface area contributed by atoms with Crippen LogP contribution in [0.1, 0.15) is 5.56 Å². The highest BCUT2D eigenvalue weighted by Gasteiger charge is 2.34. The molecule has 1 aliphatic rings. The molecule has 19 heavy (non-hydrogen) atoms. The Hall–Kier alpha value is -1.71. The zero-order valence-corrected chi connectivity index (χ0v) is 12.0. The summed E-state index contributed by atoms with van der Waals surface area (Å²) in [7, 11) is 0. The van der Waals surface area contributed by atoms with E-state index in [9.17, 15) is 14.7 Å². The first-order valence-electron chi connectivity index (χ1n) is 5.20. The molecule has 2 amide bonds. The molecule has 0 aromatic heterocycles. The summed E-state index contributed by atoms with van der Waals surface area (Å²) in [6.07, 6.45) is 6.70. The van der Waals surface area contributed by atoms with E-state index in [2.05, 4.69) is 21.9 Å². The van der Waals surface area contributed by atoms with E-state index >= 15 is 0 Å². The van der Waals surface area contributed by atoms with Gasteiger partial charge in [0.15, 0.2) is 0 Å². The van der Waals surface area contributed by atoms with Crippen LogP contribution in [0.4, 0.5) is 4.79 Å². The molecule has 0 unspecified atom stereocenters. The molecule has 96 valence electrons. The van der Waals surface area contributed by atoms with Crippen molar-refractivity contribution in [2.24, 2.45) is 0 Å². The smallest absolute Gasteiger partial charge is 0.294 e. The Kier molecular flexibility index (Phi) is 3.98. The van der Waals surface area contributed by atoms with Crippen LogP contribution in [0.25, 0.3) is 6.08 Å². The number of rotatable bonds is 2. The Morgan fingerprint density at radius 2 is 2.21 bits per heavy atom. The molecule has 0 atom stereocenters. The highest BCUT2D eigenvalue weighted by molar-refractivity contribution is 9.10. The number of hydrogen-bond donors (Lipinski definition) is 1. The van der Waals surface area contributed by atoms with Gasteiger partial charge in [-0.3, -0.25) is 14.5 Å². The number of aromatic hydroxyl groups is 1. The minimum atomic E-state index is -0.392. The first-order valence-corrected chi connectivity index (χ1v) is 6.81. The second kappa shape index (κ2) is 5.51. The number of hydrogen-bond acceptors (Lipinski definition) is 4. The maximum atomic E-state index is 11.9. The molecule has 1 aromatic carbocycles. The average Bonchev–Trinajstić information content (AvgIpc) is 2.62. The molecule has 1 saturated heterocycles. The van der Waals surface area contributed by atoms with Gasteiger partial charge in [0.25, 0.3) is 11.1 Å². The first kappa shape index (κ1) is 13.7. The van der Waals surface area contributed by atoms with Crippen molar-refractivity contribution in [1.29, 1.82) is 0 Å². The Morgan fingerprint density at radius 1 is 1.47 bits per heavy atom. The minimum Gasteiger partial charge on any atom is -0.507 e. The van der Waals surface area contributed by atoms with Crippen molar-refractivity contribution >= 4 is 44.9 Å². The van der Waals surface area contributed by atoms with Crippen molar-refractivity contribution in [2.75, 3.05) is 6.54 Å². The Morgan fingerprint density at radius 3 is 2.84 bits per heavy atom. The van der Waals surface area contributed by atoms with Gasteiger partial charge in [-0.25, -0.2) is 0 Å². The second-order valence-corrected chi connectivity index (χ2v) is 5.53. The van der Waals surface area contributed by atoms with Crippen LogP contribution in [0, 0.1) is 12.3 Å². The number of thioether (sulfide) groups is 1. The SMILES string of the molecule is C#CCN1C(=O)S/C(=C\c2ccc(O)c(Br)c2)C1=O. The van der Waals surface area contributed by atoms with Gasteiger partial charge in [0.1, 0.15) is 5.75 Å². The number of imide groups is 1. The lowest BCUT2D eigenvalue weighted by Gasteiger charge is -2.06. The van der Waals surface area contributed by atoms with Gasteiger partial charge in [-0.2, -0.15) is 0 Å². The van der Waals surface area contributed by atoms with Crippen molar-refractivity contribution in [3.05, 3.63) is 33.1 Å². The van der Waals surface area contributed by atoms with Crippen LogP contribution < -0.4 is 0 Å². The average molecular weight is 338 g/mol. The van der Waals surface area contributed by atoms with Crippen molar-refractivity contribution in [1.82, 2.24) is 4.90 Å². The summed E-state index contributed by atoms with van der Waals surface area (Å²) < 4.78 is 0.518. The summed E-state index contributed by atoms with van der Waals surface area (Å²) >= 11 is 4.04. The minimum absolute atomic E-state index is 0.0265. The van der Waals surface area contributed by atoms with Crippen molar-refractivity contribution in [3.8, 4) is 18.1 Å². The number of carbonyl (C=O) groups excluding carboxylic acids is 2. The third kappa shape index (κ3) is 2.83. The summed E-state index contributed by atoms with van der Waals surface area (Å²) in [5, 5.41) is 9.02. The monoisotopic (exact) mass is 337 g/mol. The summed E-state index contributed by atoms with van der Waals surface area (Å²) in [5.41, 5.74) is 0.705. The zero-order valence-electron chi connectivity index (χ0n) is 9.59. The molecule has 0 radical (unpaired) electrons. The maximum absolute atomic E-state index is 11.9. The number of phenolic OH excluding ortho intramolecular Hbond substituents is 1. The van der Waals surface area contributed by atoms with Crippen LogP contribution in [-0.2, 0) is 4.79 Å². The molecule has 0 saturated carbocycles. The topological polar surface area (TPSA) is 57.6 Å². The molecular weight excluding hydrogens is 330 g/mol. The lowest BCUT2D eigenvalue weighted by Crippen LogP contribution is -2.28. The van der Waals surface area contributed by atoms with E-state index in [0.717, 1.165) is 16.7 Å². The van der Waals surface area contributed by atoms with Crippen molar-refractivity contribution < 1.29 is 14.7 Å². The molecule has 1 N–H and O–H groups in total. The van der Waals surface area contributed by atoms with Gasteiger partial charge >= 0.3 is 0 Å². The summed E-state index contributed by atoms with van der Waals surface area (Å²) in [4.78, 5) is 24.8. The normalized spacial score (nSPS) is 17.1. The third-order valence-electron chi connectivity index (χ3n) is 2.39. The lowest BCUT2D eigenvalue weighted by molar-refractivity contribution is -0.122. The molecule has 2 rings (SSSR count). The first-order chi connectivity index (χ1) is 9.02.